The highest BCUT2D eigenvalue weighted by atomic mass is 32.1. The number of ether oxygens (including phenoxy) is 3. The summed E-state index contributed by atoms with van der Waals surface area (Å²) in [6.07, 6.45) is 4.78. The molecule has 0 bridgehead atoms. The molecular weight excluding hydrogens is 454 g/mol. The monoisotopic (exact) mass is 479 g/mol. The van der Waals surface area contributed by atoms with Crippen molar-refractivity contribution in [3.05, 3.63) is 84.8 Å². The zero-order chi connectivity index (χ0) is 24.4. The van der Waals surface area contributed by atoms with Crippen LogP contribution in [0.1, 0.15) is 37.9 Å². The summed E-state index contributed by atoms with van der Waals surface area (Å²) in [4.78, 5) is 36.1. The van der Waals surface area contributed by atoms with Gasteiger partial charge in [-0.2, -0.15) is 0 Å². The zero-order valence-electron chi connectivity index (χ0n) is 19.6. The average molecular weight is 480 g/mol. The molecule has 9 heteroatoms. The van der Waals surface area contributed by atoms with E-state index in [9.17, 15) is 9.59 Å². The summed E-state index contributed by atoms with van der Waals surface area (Å²) < 4.78 is 18.6. The van der Waals surface area contributed by atoms with Crippen molar-refractivity contribution in [1.29, 1.82) is 0 Å². The van der Waals surface area contributed by atoms with E-state index in [1.807, 2.05) is 6.07 Å². The lowest BCUT2D eigenvalue weighted by Crippen LogP contribution is -2.40. The van der Waals surface area contributed by atoms with E-state index in [1.165, 1.54) is 15.9 Å². The number of benzene rings is 1. The third-order valence-corrected chi connectivity index (χ3v) is 6.28. The second-order valence-corrected chi connectivity index (χ2v) is 8.94. The molecule has 0 unspecified atom stereocenters. The molecule has 4 rings (SSSR count). The lowest BCUT2D eigenvalue weighted by atomic mass is 9.94. The Morgan fingerprint density at radius 1 is 1.21 bits per heavy atom. The number of aromatic nitrogens is 2. The van der Waals surface area contributed by atoms with Crippen LogP contribution in [0.25, 0.3) is 6.08 Å². The Labute approximate surface area is 200 Å². The van der Waals surface area contributed by atoms with Crippen LogP contribution in [-0.2, 0) is 9.53 Å². The Hall–Kier alpha value is -3.72. The van der Waals surface area contributed by atoms with Gasteiger partial charge >= 0.3 is 5.97 Å². The van der Waals surface area contributed by atoms with E-state index in [1.54, 1.807) is 77.7 Å². The van der Waals surface area contributed by atoms with E-state index in [-0.39, 0.29) is 17.2 Å². The van der Waals surface area contributed by atoms with Gasteiger partial charge in [0.15, 0.2) is 4.80 Å². The normalized spacial score (nSPS) is 15.7. The van der Waals surface area contributed by atoms with E-state index < -0.39 is 12.0 Å². The minimum atomic E-state index is -0.802. The molecule has 0 fully saturated rings. The van der Waals surface area contributed by atoms with Crippen LogP contribution in [0, 0.1) is 0 Å². The highest BCUT2D eigenvalue weighted by Crippen LogP contribution is 2.37. The van der Waals surface area contributed by atoms with Crippen LogP contribution in [0.4, 0.5) is 0 Å². The number of allylic oxidation sites excluding steroid dienone is 1. The number of esters is 1. The fourth-order valence-electron chi connectivity index (χ4n) is 3.82. The van der Waals surface area contributed by atoms with Gasteiger partial charge in [0, 0.05) is 18.0 Å². The number of nitrogens with zero attached hydrogens (tertiary/aromatic N) is 3. The van der Waals surface area contributed by atoms with Crippen molar-refractivity contribution in [1.82, 2.24) is 9.55 Å². The van der Waals surface area contributed by atoms with Gasteiger partial charge in [-0.1, -0.05) is 17.4 Å². The molecule has 0 aliphatic carbocycles. The smallest absolute Gasteiger partial charge is 0.338 e. The molecule has 176 valence electrons. The third-order valence-electron chi connectivity index (χ3n) is 5.30. The maximum absolute atomic E-state index is 13.7. The minimum absolute atomic E-state index is 0.273. The molecule has 1 atom stereocenters. The summed E-state index contributed by atoms with van der Waals surface area (Å²) >= 11 is 1.25. The Bertz CT molecular complexity index is 1440. The Morgan fingerprint density at radius 2 is 2.00 bits per heavy atom. The van der Waals surface area contributed by atoms with Gasteiger partial charge in [0.05, 0.1) is 36.1 Å². The number of hydrogen-bond acceptors (Lipinski definition) is 8. The summed E-state index contributed by atoms with van der Waals surface area (Å²) in [5.74, 6) is 0.546. The Balaban J connectivity index is 2.02. The topological polar surface area (TPSA) is 92.0 Å². The van der Waals surface area contributed by atoms with Gasteiger partial charge in [-0.15, -0.1) is 0 Å². The molecule has 1 aromatic carbocycles. The molecular formula is C25H25N3O5S. The Morgan fingerprint density at radius 3 is 2.65 bits per heavy atom. The fraction of sp³-hybridized carbons (Fsp3) is 0.280. The van der Waals surface area contributed by atoms with Crippen LogP contribution in [0.5, 0.6) is 11.5 Å². The predicted molar refractivity (Wildman–Crippen MR) is 129 cm³/mol. The SMILES string of the molecule is COc1ccc(OC)c([C@H]2C(C(=O)OC(C)C)=C(C)N=c3s/c(=C\c4cccnc4)c(=O)n32)c1. The van der Waals surface area contributed by atoms with Crippen molar-refractivity contribution in [2.45, 2.75) is 32.9 Å². The van der Waals surface area contributed by atoms with Crippen molar-refractivity contribution >= 4 is 23.4 Å². The van der Waals surface area contributed by atoms with Gasteiger partial charge in [0.25, 0.3) is 5.56 Å². The second kappa shape index (κ2) is 9.64. The van der Waals surface area contributed by atoms with Crippen LogP contribution in [0.2, 0.25) is 0 Å². The molecule has 3 aromatic rings. The van der Waals surface area contributed by atoms with E-state index >= 15 is 0 Å². The van der Waals surface area contributed by atoms with Gasteiger partial charge in [0.2, 0.25) is 0 Å². The quantitative estimate of drug-likeness (QED) is 0.505. The van der Waals surface area contributed by atoms with Crippen molar-refractivity contribution in [3.8, 4) is 11.5 Å². The van der Waals surface area contributed by atoms with Crippen molar-refractivity contribution < 1.29 is 19.0 Å². The van der Waals surface area contributed by atoms with E-state index in [2.05, 4.69) is 9.98 Å². The molecule has 0 saturated heterocycles. The van der Waals surface area contributed by atoms with Gasteiger partial charge in [-0.05, 0) is 56.7 Å². The summed E-state index contributed by atoms with van der Waals surface area (Å²) in [6, 6.07) is 8.14. The lowest BCUT2D eigenvalue weighted by Gasteiger charge is -2.26. The number of methoxy groups -OCH3 is 2. The van der Waals surface area contributed by atoms with E-state index in [4.69, 9.17) is 14.2 Å². The molecule has 0 radical (unpaired) electrons. The van der Waals surface area contributed by atoms with Crippen LogP contribution >= 0.6 is 11.3 Å². The first kappa shape index (κ1) is 23.4. The van der Waals surface area contributed by atoms with Gasteiger partial charge < -0.3 is 14.2 Å². The molecule has 34 heavy (non-hydrogen) atoms. The molecule has 3 heterocycles. The van der Waals surface area contributed by atoms with Gasteiger partial charge in [-0.25, -0.2) is 9.79 Å². The van der Waals surface area contributed by atoms with Crippen LogP contribution in [0.3, 0.4) is 0 Å². The summed E-state index contributed by atoms with van der Waals surface area (Å²) in [7, 11) is 3.10. The highest BCUT2D eigenvalue weighted by molar-refractivity contribution is 7.07. The Kier molecular flexibility index (Phi) is 6.65. The zero-order valence-corrected chi connectivity index (χ0v) is 20.4. The van der Waals surface area contributed by atoms with Gasteiger partial charge in [0.1, 0.15) is 17.5 Å². The first-order chi connectivity index (χ1) is 16.3. The molecule has 8 nitrogen and oxygen atoms in total. The van der Waals surface area contributed by atoms with Crippen LogP contribution in [-0.4, -0.2) is 35.8 Å². The molecule has 2 aromatic heterocycles. The maximum atomic E-state index is 13.7. The third kappa shape index (κ3) is 4.38. The summed E-state index contributed by atoms with van der Waals surface area (Å²) in [5.41, 5.74) is 1.87. The van der Waals surface area contributed by atoms with Crippen LogP contribution < -0.4 is 24.4 Å². The lowest BCUT2D eigenvalue weighted by molar-refractivity contribution is -0.143. The number of carbonyl (C=O) groups is 1. The number of thiazole rings is 1. The molecule has 0 N–H and O–H groups in total. The standard InChI is InChI=1S/C25H25N3O5S/c1-14(2)33-24(30)21-15(3)27-25-28(22(21)18-12-17(31-4)8-9-19(18)32-5)23(29)20(34-25)11-16-7-6-10-26-13-16/h6-14,22H,1-5H3/b20-11-/t22-/m0/s1. The molecule has 0 saturated carbocycles. The maximum Gasteiger partial charge on any atom is 0.338 e. The van der Waals surface area contributed by atoms with Crippen molar-refractivity contribution in [2.24, 2.45) is 4.99 Å². The largest absolute Gasteiger partial charge is 0.497 e. The fourth-order valence-corrected chi connectivity index (χ4v) is 4.87. The number of fused-ring (bicyclic) bond motifs is 1. The summed E-state index contributed by atoms with van der Waals surface area (Å²) in [6.45, 7) is 5.30. The number of pyridine rings is 1. The van der Waals surface area contributed by atoms with Crippen molar-refractivity contribution in [2.75, 3.05) is 14.2 Å². The number of rotatable bonds is 6. The van der Waals surface area contributed by atoms with E-state index in [0.29, 0.717) is 32.1 Å². The average Bonchev–Trinajstić information content (AvgIpc) is 3.12. The second-order valence-electron chi connectivity index (χ2n) is 7.93. The molecule has 0 amide bonds. The minimum Gasteiger partial charge on any atom is -0.497 e. The predicted octanol–water partition coefficient (Wildman–Crippen LogP) is 2.60. The van der Waals surface area contributed by atoms with E-state index in [0.717, 1.165) is 5.56 Å². The van der Waals surface area contributed by atoms with Crippen molar-refractivity contribution in [3.63, 3.8) is 0 Å². The summed E-state index contributed by atoms with van der Waals surface area (Å²) in [5, 5.41) is 0. The first-order valence-corrected chi connectivity index (χ1v) is 11.5. The highest BCUT2D eigenvalue weighted by Gasteiger charge is 2.35. The number of carbonyl (C=O) groups excluding carboxylic acids is 1. The number of hydrogen-bond donors (Lipinski definition) is 0. The first-order valence-electron chi connectivity index (χ1n) is 10.7. The molecule has 1 aliphatic rings. The molecule has 0 spiro atoms. The molecule has 1 aliphatic heterocycles. The van der Waals surface area contributed by atoms with Gasteiger partial charge in [-0.3, -0.25) is 14.3 Å². The van der Waals surface area contributed by atoms with Crippen LogP contribution in [0.15, 0.2) is 63.8 Å².